The van der Waals surface area contributed by atoms with Crippen molar-refractivity contribution in [1.82, 2.24) is 19.8 Å². The second-order valence-corrected chi connectivity index (χ2v) is 8.45. The van der Waals surface area contributed by atoms with Crippen molar-refractivity contribution in [2.45, 2.75) is 38.9 Å². The fraction of sp³-hybridized carbons (Fsp3) is 0.360. The van der Waals surface area contributed by atoms with Gasteiger partial charge in [-0.15, -0.1) is 0 Å². The summed E-state index contributed by atoms with van der Waals surface area (Å²) in [5, 5.41) is 4.33. The maximum absolute atomic E-state index is 5.77. The van der Waals surface area contributed by atoms with Crippen molar-refractivity contribution >= 4 is 17.3 Å². The molecule has 162 valence electrons. The lowest BCUT2D eigenvalue weighted by Gasteiger charge is -2.28. The van der Waals surface area contributed by atoms with E-state index in [2.05, 4.69) is 76.1 Å². The maximum Gasteiger partial charge on any atom is 0.170 e. The number of benzene rings is 1. The number of methoxy groups -OCH3 is 1. The minimum absolute atomic E-state index is 0.0157. The van der Waals surface area contributed by atoms with Gasteiger partial charge < -0.3 is 19.5 Å². The minimum Gasteiger partial charge on any atom is -0.385 e. The molecule has 2 atom stereocenters. The Balaban J connectivity index is 1.72. The number of aromatic nitrogens is 2. The van der Waals surface area contributed by atoms with Crippen molar-refractivity contribution < 1.29 is 4.74 Å². The van der Waals surface area contributed by atoms with Crippen molar-refractivity contribution in [1.29, 1.82) is 0 Å². The Hall–Kier alpha value is -2.70. The summed E-state index contributed by atoms with van der Waals surface area (Å²) >= 11 is 5.77. The van der Waals surface area contributed by atoms with Crippen molar-refractivity contribution in [3.63, 3.8) is 0 Å². The van der Waals surface area contributed by atoms with Crippen LogP contribution in [0, 0.1) is 13.8 Å². The van der Waals surface area contributed by atoms with Gasteiger partial charge in [0, 0.05) is 44.4 Å². The Bertz CT molecular complexity index is 1020. The van der Waals surface area contributed by atoms with E-state index < -0.39 is 0 Å². The number of aryl methyl sites for hydroxylation is 1. The molecule has 0 amide bonds. The second kappa shape index (κ2) is 9.62. The van der Waals surface area contributed by atoms with Gasteiger partial charge in [-0.25, -0.2) is 0 Å². The largest absolute Gasteiger partial charge is 0.385 e. The predicted molar refractivity (Wildman–Crippen MR) is 128 cm³/mol. The normalized spacial score (nSPS) is 18.4. The summed E-state index contributed by atoms with van der Waals surface area (Å²) < 4.78 is 7.69. The van der Waals surface area contributed by atoms with Gasteiger partial charge in [0.1, 0.15) is 0 Å². The summed E-state index contributed by atoms with van der Waals surface area (Å²) in [5.74, 6) is 0. The minimum atomic E-state index is 0.0157. The summed E-state index contributed by atoms with van der Waals surface area (Å²) in [6, 6.07) is 19.1. The molecule has 0 saturated carbocycles. The maximum atomic E-state index is 5.77. The molecule has 0 aliphatic carbocycles. The van der Waals surface area contributed by atoms with E-state index in [1.807, 2.05) is 18.3 Å². The van der Waals surface area contributed by atoms with Crippen LogP contribution in [0.2, 0.25) is 0 Å². The van der Waals surface area contributed by atoms with Gasteiger partial charge in [-0.2, -0.15) is 0 Å². The van der Waals surface area contributed by atoms with Crippen LogP contribution in [0.3, 0.4) is 0 Å². The average Bonchev–Trinajstić information content (AvgIpc) is 3.26. The van der Waals surface area contributed by atoms with Gasteiger partial charge in [-0.1, -0.05) is 36.4 Å². The lowest BCUT2D eigenvalue weighted by Crippen LogP contribution is -2.31. The topological polar surface area (TPSA) is 42.3 Å². The van der Waals surface area contributed by atoms with Crippen LogP contribution < -0.4 is 5.32 Å². The molecule has 2 unspecified atom stereocenters. The first kappa shape index (κ1) is 21.5. The van der Waals surface area contributed by atoms with Crippen LogP contribution in [0.5, 0.6) is 0 Å². The Morgan fingerprint density at radius 3 is 2.58 bits per heavy atom. The van der Waals surface area contributed by atoms with Crippen LogP contribution in [-0.4, -0.2) is 39.8 Å². The smallest absolute Gasteiger partial charge is 0.170 e. The van der Waals surface area contributed by atoms with E-state index >= 15 is 0 Å². The molecule has 2 aromatic heterocycles. The molecule has 3 aromatic rings. The fourth-order valence-electron chi connectivity index (χ4n) is 4.50. The molecule has 0 radical (unpaired) electrons. The molecule has 1 N–H and O–H groups in total. The lowest BCUT2D eigenvalue weighted by atomic mass is 9.96. The molecule has 1 saturated heterocycles. The first-order valence-electron chi connectivity index (χ1n) is 10.8. The first-order chi connectivity index (χ1) is 15.1. The van der Waals surface area contributed by atoms with Crippen molar-refractivity contribution in [2.24, 2.45) is 0 Å². The van der Waals surface area contributed by atoms with Gasteiger partial charge in [0.2, 0.25) is 0 Å². The highest BCUT2D eigenvalue weighted by molar-refractivity contribution is 7.80. The van der Waals surface area contributed by atoms with E-state index in [1.165, 1.54) is 22.5 Å². The number of ether oxygens (including phenoxy) is 1. The van der Waals surface area contributed by atoms with Gasteiger partial charge in [0.25, 0.3) is 0 Å². The number of hydrogen-bond donors (Lipinski definition) is 1. The summed E-state index contributed by atoms with van der Waals surface area (Å²) in [5.41, 5.74) is 6.14. The van der Waals surface area contributed by atoms with E-state index in [1.54, 1.807) is 7.11 Å². The Morgan fingerprint density at radius 2 is 1.87 bits per heavy atom. The van der Waals surface area contributed by atoms with Crippen molar-refractivity contribution in [2.75, 3.05) is 20.3 Å². The Morgan fingerprint density at radius 1 is 1.10 bits per heavy atom. The monoisotopic (exact) mass is 434 g/mol. The fourth-order valence-corrected chi connectivity index (χ4v) is 4.83. The summed E-state index contributed by atoms with van der Waals surface area (Å²) in [7, 11) is 1.74. The third-order valence-corrected chi connectivity index (χ3v) is 6.41. The number of rotatable bonds is 8. The quantitative estimate of drug-likeness (QED) is 0.416. The molecular weight excluding hydrogens is 404 g/mol. The number of nitrogens with one attached hydrogen (secondary N) is 1. The number of nitrogens with zero attached hydrogens (tertiary/aromatic N) is 3. The van der Waals surface area contributed by atoms with Crippen molar-refractivity contribution in [3.8, 4) is 0 Å². The lowest BCUT2D eigenvalue weighted by molar-refractivity contribution is 0.180. The summed E-state index contributed by atoms with van der Waals surface area (Å²) in [6.07, 6.45) is 2.77. The molecule has 5 nitrogen and oxygen atoms in total. The third kappa shape index (κ3) is 4.50. The van der Waals surface area contributed by atoms with Gasteiger partial charge >= 0.3 is 0 Å². The average molecular weight is 435 g/mol. The standard InChI is InChI=1S/C25H30N4OS/c1-18-16-21(19(2)29(18)17-20-10-5-4-6-11-20)24-23(22-12-7-8-13-26-22)27-25(31)28(24)14-9-15-30-3/h4-8,10-13,16,23-24H,9,14-15,17H2,1-3H3,(H,27,31). The first-order valence-corrected chi connectivity index (χ1v) is 11.2. The highest BCUT2D eigenvalue weighted by Crippen LogP contribution is 2.40. The van der Waals surface area contributed by atoms with Crippen LogP contribution in [0.4, 0.5) is 0 Å². The Kier molecular flexibility index (Phi) is 6.68. The van der Waals surface area contributed by atoms with Gasteiger partial charge in [0.05, 0.1) is 17.8 Å². The Labute approximate surface area is 190 Å². The van der Waals surface area contributed by atoms with E-state index in [0.717, 1.165) is 30.3 Å². The van der Waals surface area contributed by atoms with Crippen molar-refractivity contribution in [3.05, 3.63) is 89.0 Å². The zero-order chi connectivity index (χ0) is 21.8. The number of hydrogen-bond acceptors (Lipinski definition) is 3. The molecule has 1 fully saturated rings. The predicted octanol–water partition coefficient (Wildman–Crippen LogP) is 4.56. The molecule has 6 heteroatoms. The van der Waals surface area contributed by atoms with E-state index in [9.17, 15) is 0 Å². The molecule has 0 bridgehead atoms. The molecule has 1 aliphatic heterocycles. The van der Waals surface area contributed by atoms with Crippen LogP contribution in [0.25, 0.3) is 0 Å². The highest BCUT2D eigenvalue weighted by atomic mass is 32.1. The SMILES string of the molecule is COCCCN1C(=S)NC(c2ccccn2)C1c1cc(C)n(Cc2ccccc2)c1C. The summed E-state index contributed by atoms with van der Waals surface area (Å²) in [4.78, 5) is 6.96. The number of thiocarbonyl (C=S) groups is 1. The molecule has 4 rings (SSSR count). The van der Waals surface area contributed by atoms with Crippen LogP contribution in [0.15, 0.2) is 60.8 Å². The van der Waals surface area contributed by atoms with Crippen LogP contribution in [0.1, 0.15) is 46.7 Å². The molecular formula is C25H30N4OS. The van der Waals surface area contributed by atoms with Gasteiger partial charge in [-0.05, 0) is 61.8 Å². The molecule has 1 aliphatic rings. The highest BCUT2D eigenvalue weighted by Gasteiger charge is 2.41. The summed E-state index contributed by atoms with van der Waals surface area (Å²) in [6.45, 7) is 6.82. The number of pyridine rings is 1. The molecule has 1 aromatic carbocycles. The third-order valence-electron chi connectivity index (χ3n) is 6.06. The zero-order valence-electron chi connectivity index (χ0n) is 18.4. The zero-order valence-corrected chi connectivity index (χ0v) is 19.2. The van der Waals surface area contributed by atoms with Crippen LogP contribution >= 0.6 is 12.2 Å². The van der Waals surface area contributed by atoms with Gasteiger partial charge in [0.15, 0.2) is 5.11 Å². The van der Waals surface area contributed by atoms with E-state index in [0.29, 0.717) is 6.61 Å². The molecule has 31 heavy (non-hydrogen) atoms. The second-order valence-electron chi connectivity index (χ2n) is 8.06. The molecule has 0 spiro atoms. The van der Waals surface area contributed by atoms with E-state index in [4.69, 9.17) is 17.0 Å². The molecule has 3 heterocycles. The van der Waals surface area contributed by atoms with Gasteiger partial charge in [-0.3, -0.25) is 4.98 Å². The van der Waals surface area contributed by atoms with E-state index in [-0.39, 0.29) is 12.1 Å². The van der Waals surface area contributed by atoms with Crippen LogP contribution in [-0.2, 0) is 11.3 Å².